The van der Waals surface area contributed by atoms with Gasteiger partial charge in [-0.05, 0) is 23.8 Å². The Hall–Kier alpha value is -2.14. The molecular formula is C14H13ClN2O3. The number of amides is 1. The number of aromatic nitrogens is 1. The summed E-state index contributed by atoms with van der Waals surface area (Å²) in [5.41, 5.74) is 1.38. The van der Waals surface area contributed by atoms with E-state index in [-0.39, 0.29) is 5.91 Å². The maximum absolute atomic E-state index is 11.9. The summed E-state index contributed by atoms with van der Waals surface area (Å²) in [6.45, 7) is 1.52. The van der Waals surface area contributed by atoms with Crippen molar-refractivity contribution < 1.29 is 14.3 Å². The predicted molar refractivity (Wildman–Crippen MR) is 74.4 cm³/mol. The number of halogens is 1. The van der Waals surface area contributed by atoms with Gasteiger partial charge in [-0.1, -0.05) is 17.7 Å². The van der Waals surface area contributed by atoms with Crippen LogP contribution in [0.2, 0.25) is 5.02 Å². The zero-order valence-corrected chi connectivity index (χ0v) is 11.4. The molecule has 0 saturated carbocycles. The fourth-order valence-corrected chi connectivity index (χ4v) is 2.14. The van der Waals surface area contributed by atoms with Gasteiger partial charge in [0.15, 0.2) is 11.5 Å². The van der Waals surface area contributed by atoms with Crippen molar-refractivity contribution in [2.24, 2.45) is 0 Å². The van der Waals surface area contributed by atoms with Gasteiger partial charge >= 0.3 is 0 Å². The molecule has 0 bridgehead atoms. The quantitative estimate of drug-likeness (QED) is 0.913. The Labute approximate surface area is 120 Å². The first-order valence-electron chi connectivity index (χ1n) is 6.23. The highest BCUT2D eigenvalue weighted by Crippen LogP contribution is 2.30. The third-order valence-corrected chi connectivity index (χ3v) is 3.17. The molecule has 0 unspecified atom stereocenters. The van der Waals surface area contributed by atoms with E-state index in [1.165, 1.54) is 0 Å². The standard InChI is InChI=1S/C14H13ClN2O3/c15-10-6-11(16-8-10)14(18)17-7-9-1-2-12-13(5-9)20-4-3-19-12/h1-2,5-6,8,16H,3-4,7H2,(H,17,18). The minimum atomic E-state index is -0.202. The number of carbonyl (C=O) groups is 1. The Balaban J connectivity index is 1.65. The molecule has 0 spiro atoms. The Morgan fingerprint density at radius 2 is 2.05 bits per heavy atom. The van der Waals surface area contributed by atoms with E-state index in [2.05, 4.69) is 10.3 Å². The van der Waals surface area contributed by atoms with Crippen LogP contribution in [-0.2, 0) is 6.54 Å². The van der Waals surface area contributed by atoms with Crippen LogP contribution in [-0.4, -0.2) is 24.1 Å². The average molecular weight is 293 g/mol. The van der Waals surface area contributed by atoms with Crippen molar-refractivity contribution in [3.8, 4) is 11.5 Å². The lowest BCUT2D eigenvalue weighted by atomic mass is 10.2. The monoisotopic (exact) mass is 292 g/mol. The minimum Gasteiger partial charge on any atom is -0.486 e. The first-order chi connectivity index (χ1) is 9.72. The molecule has 3 rings (SSSR count). The molecule has 2 heterocycles. The summed E-state index contributed by atoms with van der Waals surface area (Å²) < 4.78 is 10.9. The van der Waals surface area contributed by atoms with Gasteiger partial charge in [0, 0.05) is 12.7 Å². The summed E-state index contributed by atoms with van der Waals surface area (Å²) in [4.78, 5) is 14.7. The molecule has 0 atom stereocenters. The van der Waals surface area contributed by atoms with Gasteiger partial charge in [0.25, 0.3) is 5.91 Å². The summed E-state index contributed by atoms with van der Waals surface area (Å²) in [5, 5.41) is 3.32. The average Bonchev–Trinajstić information content (AvgIpc) is 2.91. The number of rotatable bonds is 3. The highest BCUT2D eigenvalue weighted by Gasteiger charge is 2.12. The van der Waals surface area contributed by atoms with E-state index in [1.54, 1.807) is 12.3 Å². The van der Waals surface area contributed by atoms with Gasteiger partial charge in [0.05, 0.1) is 5.02 Å². The molecule has 0 saturated heterocycles. The lowest BCUT2D eigenvalue weighted by molar-refractivity contribution is 0.0946. The van der Waals surface area contributed by atoms with Gasteiger partial charge < -0.3 is 19.8 Å². The molecule has 6 heteroatoms. The van der Waals surface area contributed by atoms with Crippen molar-refractivity contribution in [1.29, 1.82) is 0 Å². The highest BCUT2D eigenvalue weighted by molar-refractivity contribution is 6.30. The first kappa shape index (κ1) is 12.9. The molecule has 2 N–H and O–H groups in total. The van der Waals surface area contributed by atoms with Gasteiger partial charge in [-0.15, -0.1) is 0 Å². The van der Waals surface area contributed by atoms with E-state index in [4.69, 9.17) is 21.1 Å². The van der Waals surface area contributed by atoms with Crippen LogP contribution in [0.15, 0.2) is 30.5 Å². The van der Waals surface area contributed by atoms with Gasteiger partial charge in [-0.25, -0.2) is 0 Å². The van der Waals surface area contributed by atoms with E-state index in [9.17, 15) is 4.79 Å². The number of aromatic amines is 1. The Kier molecular flexibility index (Phi) is 3.52. The van der Waals surface area contributed by atoms with Gasteiger partial charge in [0.1, 0.15) is 18.9 Å². The van der Waals surface area contributed by atoms with Crippen molar-refractivity contribution in [1.82, 2.24) is 10.3 Å². The van der Waals surface area contributed by atoms with Crippen LogP contribution >= 0.6 is 11.6 Å². The number of hydrogen-bond donors (Lipinski definition) is 2. The second-order valence-electron chi connectivity index (χ2n) is 4.39. The second kappa shape index (κ2) is 5.46. The van der Waals surface area contributed by atoms with E-state index in [0.29, 0.717) is 36.2 Å². The second-order valence-corrected chi connectivity index (χ2v) is 4.83. The number of carbonyl (C=O) groups excluding carboxylic acids is 1. The fourth-order valence-electron chi connectivity index (χ4n) is 1.97. The number of H-pyrrole nitrogens is 1. The van der Waals surface area contributed by atoms with Crippen LogP contribution in [0.4, 0.5) is 0 Å². The minimum absolute atomic E-state index is 0.202. The number of nitrogens with one attached hydrogen (secondary N) is 2. The molecule has 20 heavy (non-hydrogen) atoms. The van der Waals surface area contributed by atoms with Crippen molar-refractivity contribution in [2.45, 2.75) is 6.54 Å². The summed E-state index contributed by atoms with van der Waals surface area (Å²) in [7, 11) is 0. The van der Waals surface area contributed by atoms with Gasteiger partial charge in [0.2, 0.25) is 0 Å². The summed E-state index contributed by atoms with van der Waals surface area (Å²) in [5.74, 6) is 1.25. The third kappa shape index (κ3) is 2.72. The SMILES string of the molecule is O=C(NCc1ccc2c(c1)OCCO2)c1cc(Cl)c[nH]1. The van der Waals surface area contributed by atoms with E-state index >= 15 is 0 Å². The largest absolute Gasteiger partial charge is 0.486 e. The van der Waals surface area contributed by atoms with Gasteiger partial charge in [-0.3, -0.25) is 4.79 Å². The van der Waals surface area contributed by atoms with Gasteiger partial charge in [-0.2, -0.15) is 0 Å². The number of hydrogen-bond acceptors (Lipinski definition) is 3. The van der Waals surface area contributed by atoms with Crippen LogP contribution in [0, 0.1) is 0 Å². The summed E-state index contributed by atoms with van der Waals surface area (Å²) in [6.07, 6.45) is 1.57. The molecule has 1 aliphatic rings. The van der Waals surface area contributed by atoms with Crippen molar-refractivity contribution >= 4 is 17.5 Å². The topological polar surface area (TPSA) is 63.4 Å². The zero-order valence-electron chi connectivity index (χ0n) is 10.6. The smallest absolute Gasteiger partial charge is 0.268 e. The number of fused-ring (bicyclic) bond motifs is 1. The third-order valence-electron chi connectivity index (χ3n) is 2.95. The van der Waals surface area contributed by atoms with Crippen LogP contribution < -0.4 is 14.8 Å². The predicted octanol–water partition coefficient (Wildman–Crippen LogP) is 2.37. The van der Waals surface area contributed by atoms with E-state index in [0.717, 1.165) is 11.3 Å². The maximum Gasteiger partial charge on any atom is 0.268 e. The molecule has 1 aromatic carbocycles. The molecule has 5 nitrogen and oxygen atoms in total. The summed E-state index contributed by atoms with van der Waals surface area (Å²) >= 11 is 5.76. The van der Waals surface area contributed by atoms with E-state index < -0.39 is 0 Å². The van der Waals surface area contributed by atoms with Crippen LogP contribution in [0.1, 0.15) is 16.1 Å². The molecule has 1 amide bonds. The highest BCUT2D eigenvalue weighted by atomic mass is 35.5. The van der Waals surface area contributed by atoms with E-state index in [1.807, 2.05) is 18.2 Å². The van der Waals surface area contributed by atoms with Crippen LogP contribution in [0.3, 0.4) is 0 Å². The van der Waals surface area contributed by atoms with Crippen LogP contribution in [0.5, 0.6) is 11.5 Å². The lowest BCUT2D eigenvalue weighted by Crippen LogP contribution is -2.23. The number of benzene rings is 1. The molecule has 0 aliphatic carbocycles. The molecule has 0 fully saturated rings. The Bertz CT molecular complexity index is 639. The van der Waals surface area contributed by atoms with Crippen molar-refractivity contribution in [3.63, 3.8) is 0 Å². The van der Waals surface area contributed by atoms with Crippen molar-refractivity contribution in [3.05, 3.63) is 46.7 Å². The number of ether oxygens (including phenoxy) is 2. The normalized spacial score (nSPS) is 13.1. The molecule has 0 radical (unpaired) electrons. The maximum atomic E-state index is 11.9. The molecule has 104 valence electrons. The lowest BCUT2D eigenvalue weighted by Gasteiger charge is -2.18. The first-order valence-corrected chi connectivity index (χ1v) is 6.61. The molecule has 1 aromatic heterocycles. The molecule has 1 aliphatic heterocycles. The molecule has 2 aromatic rings. The van der Waals surface area contributed by atoms with Crippen molar-refractivity contribution in [2.75, 3.05) is 13.2 Å². The Morgan fingerprint density at radius 1 is 1.25 bits per heavy atom. The summed E-state index contributed by atoms with van der Waals surface area (Å²) in [6, 6.07) is 7.20. The fraction of sp³-hybridized carbons (Fsp3) is 0.214. The molecular weight excluding hydrogens is 280 g/mol. The Morgan fingerprint density at radius 3 is 2.80 bits per heavy atom. The van der Waals surface area contributed by atoms with Crippen LogP contribution in [0.25, 0.3) is 0 Å². The zero-order chi connectivity index (χ0) is 13.9.